The Hall–Kier alpha value is -3.23. The standard InChI is InChI=1S/C18H20N2O7/c1-3-26-16(23)13(17(24)27-4-2)11(10-8-6-5-7-9-10)12-14(21)19-18(25)20-15(12)22/h5-9,11-13H,3-4H2,1-2H3,(H2,19,20,21,22,25). The van der Waals surface area contributed by atoms with Gasteiger partial charge in [0.15, 0.2) is 5.92 Å². The van der Waals surface area contributed by atoms with Gasteiger partial charge in [-0.05, 0) is 19.4 Å². The summed E-state index contributed by atoms with van der Waals surface area (Å²) in [6.45, 7) is 3.13. The number of esters is 2. The number of nitrogens with one attached hydrogen (secondary N) is 2. The molecule has 4 amide bonds. The van der Waals surface area contributed by atoms with Crippen molar-refractivity contribution in [2.75, 3.05) is 13.2 Å². The number of urea groups is 1. The Balaban J connectivity index is 2.57. The van der Waals surface area contributed by atoms with Crippen molar-refractivity contribution in [2.24, 2.45) is 11.8 Å². The van der Waals surface area contributed by atoms with E-state index in [-0.39, 0.29) is 13.2 Å². The van der Waals surface area contributed by atoms with Crippen molar-refractivity contribution < 1.29 is 33.4 Å². The SMILES string of the molecule is CCOC(=O)C(C(=O)OCC)C(c1ccccc1)C1C(=O)NC(=O)NC1=O. The van der Waals surface area contributed by atoms with Crippen LogP contribution in [0.4, 0.5) is 4.79 Å². The van der Waals surface area contributed by atoms with Crippen molar-refractivity contribution in [3.05, 3.63) is 35.9 Å². The summed E-state index contributed by atoms with van der Waals surface area (Å²) in [5, 5.41) is 3.99. The molecule has 9 heteroatoms. The van der Waals surface area contributed by atoms with E-state index in [1.54, 1.807) is 44.2 Å². The highest BCUT2D eigenvalue weighted by atomic mass is 16.6. The Morgan fingerprint density at radius 2 is 1.41 bits per heavy atom. The van der Waals surface area contributed by atoms with Crippen LogP contribution in [0.2, 0.25) is 0 Å². The lowest BCUT2D eigenvalue weighted by molar-refractivity contribution is -0.164. The van der Waals surface area contributed by atoms with Gasteiger partial charge < -0.3 is 9.47 Å². The first-order chi connectivity index (χ1) is 12.9. The highest BCUT2D eigenvalue weighted by molar-refractivity contribution is 6.17. The molecule has 1 aliphatic heterocycles. The average molecular weight is 376 g/mol. The normalized spacial score (nSPS) is 15.7. The number of ether oxygens (including phenoxy) is 2. The zero-order valence-electron chi connectivity index (χ0n) is 14.9. The van der Waals surface area contributed by atoms with E-state index in [0.717, 1.165) is 0 Å². The molecule has 0 aromatic heterocycles. The quantitative estimate of drug-likeness (QED) is 0.524. The lowest BCUT2D eigenvalue weighted by Crippen LogP contribution is -2.58. The van der Waals surface area contributed by atoms with Crippen LogP contribution in [0.15, 0.2) is 30.3 Å². The molecule has 1 heterocycles. The number of hydrogen-bond donors (Lipinski definition) is 2. The van der Waals surface area contributed by atoms with Gasteiger partial charge in [-0.25, -0.2) is 4.79 Å². The van der Waals surface area contributed by atoms with Crippen molar-refractivity contribution in [3.8, 4) is 0 Å². The molecule has 27 heavy (non-hydrogen) atoms. The van der Waals surface area contributed by atoms with E-state index in [1.165, 1.54) is 0 Å². The van der Waals surface area contributed by atoms with Crippen LogP contribution in [0.1, 0.15) is 25.3 Å². The zero-order chi connectivity index (χ0) is 20.0. The molecule has 1 saturated heterocycles. The number of carbonyl (C=O) groups is 5. The van der Waals surface area contributed by atoms with Gasteiger partial charge in [0.05, 0.1) is 13.2 Å². The molecule has 0 aliphatic carbocycles. The third kappa shape index (κ3) is 4.49. The molecule has 2 N–H and O–H groups in total. The largest absolute Gasteiger partial charge is 0.465 e. The van der Waals surface area contributed by atoms with E-state index in [4.69, 9.17) is 9.47 Å². The third-order valence-corrected chi connectivity index (χ3v) is 4.02. The Labute approximate surface area is 155 Å². The van der Waals surface area contributed by atoms with E-state index in [2.05, 4.69) is 0 Å². The fourth-order valence-electron chi connectivity index (χ4n) is 2.96. The molecule has 1 aromatic rings. The van der Waals surface area contributed by atoms with Gasteiger partial charge in [-0.2, -0.15) is 0 Å². The van der Waals surface area contributed by atoms with Gasteiger partial charge in [0.2, 0.25) is 11.8 Å². The lowest BCUT2D eigenvalue weighted by atomic mass is 9.75. The molecule has 0 radical (unpaired) electrons. The third-order valence-electron chi connectivity index (χ3n) is 4.02. The van der Waals surface area contributed by atoms with Gasteiger partial charge in [-0.3, -0.25) is 29.8 Å². The van der Waals surface area contributed by atoms with Crippen molar-refractivity contribution >= 4 is 29.8 Å². The van der Waals surface area contributed by atoms with Crippen LogP contribution in [0.3, 0.4) is 0 Å². The Bertz CT molecular complexity index is 709. The van der Waals surface area contributed by atoms with Crippen LogP contribution >= 0.6 is 0 Å². The number of amides is 4. The summed E-state index contributed by atoms with van der Waals surface area (Å²) in [7, 11) is 0. The Kier molecular flexibility index (Phi) is 6.64. The first kappa shape index (κ1) is 20.1. The maximum Gasteiger partial charge on any atom is 0.328 e. The number of imide groups is 2. The predicted octanol–water partition coefficient (Wildman–Crippen LogP) is 0.495. The van der Waals surface area contributed by atoms with Crippen molar-refractivity contribution in [1.82, 2.24) is 10.6 Å². The van der Waals surface area contributed by atoms with Gasteiger partial charge in [0, 0.05) is 5.92 Å². The summed E-state index contributed by atoms with van der Waals surface area (Å²) in [4.78, 5) is 61.3. The van der Waals surface area contributed by atoms with Crippen molar-refractivity contribution in [2.45, 2.75) is 19.8 Å². The minimum absolute atomic E-state index is 0.00219. The summed E-state index contributed by atoms with van der Waals surface area (Å²) < 4.78 is 9.97. The smallest absolute Gasteiger partial charge is 0.328 e. The van der Waals surface area contributed by atoms with Crippen LogP contribution in [-0.4, -0.2) is 43.0 Å². The first-order valence-corrected chi connectivity index (χ1v) is 8.44. The van der Waals surface area contributed by atoms with E-state index >= 15 is 0 Å². The maximum absolute atomic E-state index is 12.5. The number of carbonyl (C=O) groups excluding carboxylic acids is 5. The summed E-state index contributed by atoms with van der Waals surface area (Å²) in [6, 6.07) is 7.17. The topological polar surface area (TPSA) is 128 Å². The van der Waals surface area contributed by atoms with Gasteiger partial charge in [0.25, 0.3) is 0 Å². The van der Waals surface area contributed by atoms with Gasteiger partial charge in [0.1, 0.15) is 5.92 Å². The first-order valence-electron chi connectivity index (χ1n) is 8.44. The predicted molar refractivity (Wildman–Crippen MR) is 91.1 cm³/mol. The van der Waals surface area contributed by atoms with Crippen LogP contribution in [0.25, 0.3) is 0 Å². The van der Waals surface area contributed by atoms with Crippen LogP contribution in [0, 0.1) is 11.8 Å². The lowest BCUT2D eigenvalue weighted by Gasteiger charge is -2.32. The second kappa shape index (κ2) is 8.93. The minimum atomic E-state index is -1.55. The highest BCUT2D eigenvalue weighted by Gasteiger charge is 2.50. The Morgan fingerprint density at radius 1 is 0.926 bits per heavy atom. The summed E-state index contributed by atoms with van der Waals surface area (Å²) in [5.74, 6) is -7.90. The molecule has 0 spiro atoms. The summed E-state index contributed by atoms with van der Waals surface area (Å²) >= 11 is 0. The summed E-state index contributed by atoms with van der Waals surface area (Å²) in [6.07, 6.45) is 0. The summed E-state index contributed by atoms with van der Waals surface area (Å²) in [5.41, 5.74) is 0.383. The van der Waals surface area contributed by atoms with Gasteiger partial charge in [-0.1, -0.05) is 30.3 Å². The molecule has 9 nitrogen and oxygen atoms in total. The van der Waals surface area contributed by atoms with Crippen LogP contribution in [0.5, 0.6) is 0 Å². The number of rotatable bonds is 7. The highest BCUT2D eigenvalue weighted by Crippen LogP contribution is 2.35. The number of hydrogen-bond acceptors (Lipinski definition) is 7. The van der Waals surface area contributed by atoms with Crippen molar-refractivity contribution in [3.63, 3.8) is 0 Å². The van der Waals surface area contributed by atoms with Gasteiger partial charge in [-0.15, -0.1) is 0 Å². The molecule has 1 unspecified atom stereocenters. The molecule has 2 rings (SSSR count). The molecule has 0 bridgehead atoms. The molecule has 0 saturated carbocycles. The van der Waals surface area contributed by atoms with E-state index in [0.29, 0.717) is 5.56 Å². The second-order valence-electron chi connectivity index (χ2n) is 5.70. The zero-order valence-corrected chi connectivity index (χ0v) is 14.9. The molecule has 1 aliphatic rings. The molecule has 144 valence electrons. The molecular weight excluding hydrogens is 356 g/mol. The van der Waals surface area contributed by atoms with E-state index in [9.17, 15) is 24.0 Å². The molecule has 1 aromatic carbocycles. The number of benzene rings is 1. The maximum atomic E-state index is 12.5. The monoisotopic (exact) mass is 376 g/mol. The van der Waals surface area contributed by atoms with E-state index in [1.807, 2.05) is 10.6 Å². The minimum Gasteiger partial charge on any atom is -0.465 e. The fraction of sp³-hybridized carbons (Fsp3) is 0.389. The average Bonchev–Trinajstić information content (AvgIpc) is 2.61. The molecular formula is C18H20N2O7. The molecule has 1 atom stereocenters. The number of barbiturate groups is 1. The Morgan fingerprint density at radius 3 is 1.85 bits per heavy atom. The van der Waals surface area contributed by atoms with Gasteiger partial charge >= 0.3 is 18.0 Å². The van der Waals surface area contributed by atoms with E-state index < -0.39 is 47.5 Å². The van der Waals surface area contributed by atoms with Crippen molar-refractivity contribution in [1.29, 1.82) is 0 Å². The van der Waals surface area contributed by atoms with Crippen LogP contribution in [-0.2, 0) is 28.7 Å². The van der Waals surface area contributed by atoms with Crippen LogP contribution < -0.4 is 10.6 Å². The second-order valence-corrected chi connectivity index (χ2v) is 5.70. The molecule has 1 fully saturated rings. The fourth-order valence-corrected chi connectivity index (χ4v) is 2.96.